The van der Waals surface area contributed by atoms with E-state index in [2.05, 4.69) is 4.98 Å². The van der Waals surface area contributed by atoms with E-state index in [0.717, 1.165) is 4.57 Å². The number of benzene rings is 1. The summed E-state index contributed by atoms with van der Waals surface area (Å²) < 4.78 is 40.6. The zero-order valence-electron chi connectivity index (χ0n) is 13.5. The zero-order valence-corrected chi connectivity index (χ0v) is 13.5. The number of fused-ring (bicyclic) bond motifs is 1. The Labute approximate surface area is 145 Å². The fourth-order valence-corrected chi connectivity index (χ4v) is 3.03. The molecule has 1 amide bonds. The number of aliphatic carboxylic acids is 1. The maximum atomic E-state index is 13.3. The van der Waals surface area contributed by atoms with Gasteiger partial charge in [0.05, 0.1) is 11.0 Å². The van der Waals surface area contributed by atoms with E-state index in [9.17, 15) is 27.9 Å². The summed E-state index contributed by atoms with van der Waals surface area (Å²) in [6.07, 6.45) is -5.07. The molecule has 1 aliphatic heterocycles. The van der Waals surface area contributed by atoms with Crippen LogP contribution in [-0.4, -0.2) is 55.2 Å². The van der Waals surface area contributed by atoms with Crippen molar-refractivity contribution in [3.05, 3.63) is 30.1 Å². The molecule has 0 bridgehead atoms. The monoisotopic (exact) mass is 371 g/mol. The van der Waals surface area contributed by atoms with Crippen LogP contribution in [0.25, 0.3) is 11.0 Å². The predicted octanol–water partition coefficient (Wildman–Crippen LogP) is 1.49. The molecule has 2 heterocycles. The van der Waals surface area contributed by atoms with Crippen molar-refractivity contribution in [1.82, 2.24) is 14.5 Å². The van der Waals surface area contributed by atoms with Gasteiger partial charge in [-0.05, 0) is 12.1 Å². The number of hydrogen-bond acceptors (Lipinski definition) is 4. The van der Waals surface area contributed by atoms with E-state index in [1.54, 1.807) is 12.1 Å². The third-order valence-electron chi connectivity index (χ3n) is 4.54. The molecule has 7 nitrogen and oxygen atoms in total. The number of carbonyl (C=O) groups excluding carboxylic acids is 1. The van der Waals surface area contributed by atoms with Crippen LogP contribution in [0.15, 0.2) is 24.3 Å². The summed E-state index contributed by atoms with van der Waals surface area (Å²) in [5.41, 5.74) is -1.59. The van der Waals surface area contributed by atoms with E-state index in [1.165, 1.54) is 17.0 Å². The Morgan fingerprint density at radius 3 is 2.38 bits per heavy atom. The van der Waals surface area contributed by atoms with Crippen molar-refractivity contribution >= 4 is 22.9 Å². The number of imidazole rings is 1. The molecule has 3 rings (SSSR count). The molecule has 1 aromatic heterocycles. The van der Waals surface area contributed by atoms with E-state index in [1.807, 2.05) is 0 Å². The molecule has 0 radical (unpaired) electrons. The number of piperidine rings is 1. The highest BCUT2D eigenvalue weighted by Crippen LogP contribution is 2.32. The van der Waals surface area contributed by atoms with Gasteiger partial charge in [-0.2, -0.15) is 13.2 Å². The van der Waals surface area contributed by atoms with Gasteiger partial charge in [-0.3, -0.25) is 4.79 Å². The van der Waals surface area contributed by atoms with Crippen molar-refractivity contribution < 1.29 is 33.0 Å². The minimum atomic E-state index is -4.72. The maximum Gasteiger partial charge on any atom is 0.449 e. The van der Waals surface area contributed by atoms with Gasteiger partial charge in [-0.25, -0.2) is 9.78 Å². The Morgan fingerprint density at radius 2 is 1.81 bits per heavy atom. The van der Waals surface area contributed by atoms with Gasteiger partial charge < -0.3 is 19.7 Å². The maximum absolute atomic E-state index is 13.3. The first kappa shape index (κ1) is 18.2. The molecule has 0 atom stereocenters. The molecule has 0 spiro atoms. The predicted molar refractivity (Wildman–Crippen MR) is 83.1 cm³/mol. The number of carboxylic acids is 1. The second-order valence-electron chi connectivity index (χ2n) is 6.23. The van der Waals surface area contributed by atoms with Crippen LogP contribution in [-0.2, 0) is 22.3 Å². The normalized spacial score (nSPS) is 17.5. The van der Waals surface area contributed by atoms with Crippen LogP contribution in [0.1, 0.15) is 18.7 Å². The van der Waals surface area contributed by atoms with Crippen LogP contribution in [0, 0.1) is 0 Å². The number of para-hydroxylation sites is 2. The largest absolute Gasteiger partial charge is 0.479 e. The molecule has 1 aliphatic rings. The number of amides is 1. The average molecular weight is 371 g/mol. The molecule has 0 saturated carbocycles. The number of carbonyl (C=O) groups is 2. The first-order valence-electron chi connectivity index (χ1n) is 7.88. The summed E-state index contributed by atoms with van der Waals surface area (Å²) in [6.45, 7) is -0.661. The third kappa shape index (κ3) is 3.24. The number of aliphatic hydroxyl groups is 1. The number of hydrogen-bond donors (Lipinski definition) is 2. The zero-order chi connectivity index (χ0) is 19.1. The molecule has 1 fully saturated rings. The van der Waals surface area contributed by atoms with Crippen molar-refractivity contribution in [1.29, 1.82) is 0 Å². The molecule has 26 heavy (non-hydrogen) atoms. The summed E-state index contributed by atoms with van der Waals surface area (Å²) >= 11 is 0. The number of carboxylic acid groups (broad SMARTS) is 1. The summed E-state index contributed by atoms with van der Waals surface area (Å²) in [5, 5.41) is 18.9. The molecule has 2 N–H and O–H groups in total. The minimum absolute atomic E-state index is 0.0460. The number of alkyl halides is 3. The number of nitrogens with zero attached hydrogens (tertiary/aromatic N) is 3. The van der Waals surface area contributed by atoms with Gasteiger partial charge in [-0.15, -0.1) is 0 Å². The van der Waals surface area contributed by atoms with Gasteiger partial charge >= 0.3 is 12.1 Å². The second kappa shape index (κ2) is 6.27. The summed E-state index contributed by atoms with van der Waals surface area (Å²) in [4.78, 5) is 28.3. The third-order valence-corrected chi connectivity index (χ3v) is 4.54. The van der Waals surface area contributed by atoms with Crippen LogP contribution in [0.2, 0.25) is 0 Å². The standard InChI is InChI=1S/C16H16F3N3O4/c17-16(18,19)13-20-10-3-1-2-4-11(10)22(13)9-12(23)21-7-5-15(26,6-8-21)14(24)25/h1-4,26H,5-9H2,(H,24,25). The second-order valence-corrected chi connectivity index (χ2v) is 6.23. The van der Waals surface area contributed by atoms with Crippen LogP contribution in [0.5, 0.6) is 0 Å². The van der Waals surface area contributed by atoms with Crippen molar-refractivity contribution in [2.75, 3.05) is 13.1 Å². The Balaban J connectivity index is 1.83. The number of likely N-dealkylation sites (tertiary alicyclic amines) is 1. The van der Waals surface area contributed by atoms with Crippen LogP contribution in [0.4, 0.5) is 13.2 Å². The quantitative estimate of drug-likeness (QED) is 0.852. The van der Waals surface area contributed by atoms with Crippen LogP contribution in [0.3, 0.4) is 0 Å². The lowest BCUT2D eigenvalue weighted by atomic mass is 9.91. The van der Waals surface area contributed by atoms with Crippen LogP contribution >= 0.6 is 0 Å². The molecular formula is C16H16F3N3O4. The van der Waals surface area contributed by atoms with Gasteiger partial charge in [0.1, 0.15) is 6.54 Å². The van der Waals surface area contributed by atoms with Gasteiger partial charge in [0.2, 0.25) is 11.7 Å². The SMILES string of the molecule is O=C(Cn1c(C(F)(F)F)nc2ccccc21)N1CCC(O)(C(=O)O)CC1. The fraction of sp³-hybridized carbons (Fsp3) is 0.438. The molecule has 1 aromatic carbocycles. The number of rotatable bonds is 3. The number of halogens is 3. The van der Waals surface area contributed by atoms with E-state index in [0.29, 0.717) is 0 Å². The highest BCUT2D eigenvalue weighted by atomic mass is 19.4. The van der Waals surface area contributed by atoms with Crippen molar-refractivity contribution in [2.24, 2.45) is 0 Å². The lowest BCUT2D eigenvalue weighted by molar-refractivity contribution is -0.165. The van der Waals surface area contributed by atoms with Gasteiger partial charge in [0.15, 0.2) is 5.60 Å². The molecular weight excluding hydrogens is 355 g/mol. The molecule has 1 saturated heterocycles. The van der Waals surface area contributed by atoms with Gasteiger partial charge in [0.25, 0.3) is 0 Å². The molecule has 10 heteroatoms. The first-order valence-corrected chi connectivity index (χ1v) is 7.88. The van der Waals surface area contributed by atoms with Crippen molar-refractivity contribution in [3.63, 3.8) is 0 Å². The molecule has 140 valence electrons. The summed E-state index contributed by atoms with van der Waals surface area (Å²) in [7, 11) is 0. The van der Waals surface area contributed by atoms with Crippen LogP contribution < -0.4 is 0 Å². The number of aromatic nitrogens is 2. The van der Waals surface area contributed by atoms with E-state index < -0.39 is 36.0 Å². The van der Waals surface area contributed by atoms with Gasteiger partial charge in [0, 0.05) is 25.9 Å². The van der Waals surface area contributed by atoms with E-state index in [-0.39, 0.29) is 37.0 Å². The highest BCUT2D eigenvalue weighted by molar-refractivity contribution is 5.82. The Kier molecular flexibility index (Phi) is 4.39. The lowest BCUT2D eigenvalue weighted by Gasteiger charge is -2.35. The molecule has 0 unspecified atom stereocenters. The molecule has 0 aliphatic carbocycles. The Morgan fingerprint density at radius 1 is 1.19 bits per heavy atom. The highest BCUT2D eigenvalue weighted by Gasteiger charge is 2.41. The van der Waals surface area contributed by atoms with Gasteiger partial charge in [-0.1, -0.05) is 12.1 Å². The molecule has 2 aromatic rings. The fourth-order valence-electron chi connectivity index (χ4n) is 3.03. The van der Waals surface area contributed by atoms with Crippen molar-refractivity contribution in [3.8, 4) is 0 Å². The van der Waals surface area contributed by atoms with E-state index in [4.69, 9.17) is 5.11 Å². The minimum Gasteiger partial charge on any atom is -0.479 e. The lowest BCUT2D eigenvalue weighted by Crippen LogP contribution is -2.51. The topological polar surface area (TPSA) is 95.7 Å². The van der Waals surface area contributed by atoms with Crippen molar-refractivity contribution in [2.45, 2.75) is 31.2 Å². The summed E-state index contributed by atoms with van der Waals surface area (Å²) in [6, 6.07) is 5.99. The van der Waals surface area contributed by atoms with E-state index >= 15 is 0 Å². The Hall–Kier alpha value is -2.62. The first-order chi connectivity index (χ1) is 12.1. The summed E-state index contributed by atoms with van der Waals surface area (Å²) in [5.74, 6) is -3.12. The average Bonchev–Trinajstić information content (AvgIpc) is 2.94. The Bertz CT molecular complexity index is 854. The smallest absolute Gasteiger partial charge is 0.449 e.